The first-order valence-corrected chi connectivity index (χ1v) is 7.99. The predicted molar refractivity (Wildman–Crippen MR) is 87.2 cm³/mol. The van der Waals surface area contributed by atoms with Crippen LogP contribution in [0.15, 0.2) is 18.2 Å². The summed E-state index contributed by atoms with van der Waals surface area (Å²) >= 11 is 0. The monoisotopic (exact) mass is 288 g/mol. The van der Waals surface area contributed by atoms with Gasteiger partial charge in [-0.1, -0.05) is 54.0 Å². The number of fused-ring (bicyclic) bond motifs is 1. The first-order valence-electron chi connectivity index (χ1n) is 7.99. The SMILES string of the molecule is CCCC1Oc2ccc(C(C)(C)CC(C)(C)C)cc2C1=O. The van der Waals surface area contributed by atoms with E-state index in [-0.39, 0.29) is 22.7 Å². The van der Waals surface area contributed by atoms with E-state index in [0.29, 0.717) is 0 Å². The van der Waals surface area contributed by atoms with Crippen molar-refractivity contribution in [2.24, 2.45) is 5.41 Å². The minimum Gasteiger partial charge on any atom is -0.482 e. The van der Waals surface area contributed by atoms with Crippen LogP contribution in [0.1, 0.15) is 76.7 Å². The van der Waals surface area contributed by atoms with Gasteiger partial charge in [0.25, 0.3) is 0 Å². The number of carbonyl (C=O) groups is 1. The summed E-state index contributed by atoms with van der Waals surface area (Å²) in [5.41, 5.74) is 2.31. The number of rotatable bonds is 4. The van der Waals surface area contributed by atoms with E-state index in [1.54, 1.807) is 0 Å². The largest absolute Gasteiger partial charge is 0.482 e. The molecule has 1 aliphatic rings. The van der Waals surface area contributed by atoms with Crippen LogP contribution >= 0.6 is 0 Å². The van der Waals surface area contributed by atoms with Gasteiger partial charge < -0.3 is 4.74 Å². The van der Waals surface area contributed by atoms with Crippen LogP contribution in [0.25, 0.3) is 0 Å². The number of benzene rings is 1. The summed E-state index contributed by atoms with van der Waals surface area (Å²) in [5, 5.41) is 0. The van der Waals surface area contributed by atoms with E-state index in [1.165, 1.54) is 5.56 Å². The Kier molecular flexibility index (Phi) is 4.19. The molecule has 1 atom stereocenters. The van der Waals surface area contributed by atoms with Crippen LogP contribution in [0.5, 0.6) is 5.75 Å². The lowest BCUT2D eigenvalue weighted by atomic mass is 9.72. The second-order valence-corrected chi connectivity index (χ2v) is 8.09. The molecule has 116 valence electrons. The zero-order chi connectivity index (χ0) is 15.8. The third-order valence-corrected chi connectivity index (χ3v) is 4.11. The molecule has 1 aliphatic heterocycles. The molecule has 0 N–H and O–H groups in total. The van der Waals surface area contributed by atoms with Gasteiger partial charge in [-0.05, 0) is 41.4 Å². The standard InChI is InChI=1S/C19H28O2/c1-7-8-16-17(20)14-11-13(9-10-15(14)21-16)19(5,6)12-18(2,3)4/h9-11,16H,7-8,12H2,1-6H3. The van der Waals surface area contributed by atoms with Gasteiger partial charge in [-0.25, -0.2) is 0 Å². The van der Waals surface area contributed by atoms with E-state index < -0.39 is 0 Å². The topological polar surface area (TPSA) is 26.3 Å². The highest BCUT2D eigenvalue weighted by molar-refractivity contribution is 6.04. The van der Waals surface area contributed by atoms with Crippen molar-refractivity contribution in [3.63, 3.8) is 0 Å². The quantitative estimate of drug-likeness (QED) is 0.766. The molecule has 2 nitrogen and oxygen atoms in total. The highest BCUT2D eigenvalue weighted by Crippen LogP contribution is 2.39. The lowest BCUT2D eigenvalue weighted by Crippen LogP contribution is -2.25. The Balaban J connectivity index is 2.29. The molecule has 1 aromatic rings. The van der Waals surface area contributed by atoms with Crippen LogP contribution in [0.2, 0.25) is 0 Å². The molecule has 0 spiro atoms. The molecule has 2 rings (SSSR count). The van der Waals surface area contributed by atoms with Gasteiger partial charge in [0, 0.05) is 0 Å². The Morgan fingerprint density at radius 3 is 2.38 bits per heavy atom. The van der Waals surface area contributed by atoms with Crippen molar-refractivity contribution in [3.8, 4) is 5.75 Å². The molecule has 0 radical (unpaired) electrons. The van der Waals surface area contributed by atoms with E-state index in [1.807, 2.05) is 6.07 Å². The minimum absolute atomic E-state index is 0.0520. The van der Waals surface area contributed by atoms with E-state index in [9.17, 15) is 4.79 Å². The molecule has 0 aromatic heterocycles. The van der Waals surface area contributed by atoms with Crippen LogP contribution in [0.4, 0.5) is 0 Å². The third-order valence-electron chi connectivity index (χ3n) is 4.11. The van der Waals surface area contributed by atoms with Crippen molar-refractivity contribution >= 4 is 5.78 Å². The smallest absolute Gasteiger partial charge is 0.207 e. The second-order valence-electron chi connectivity index (χ2n) is 8.09. The average Bonchev–Trinajstić information content (AvgIpc) is 2.64. The average molecular weight is 288 g/mol. The predicted octanol–water partition coefficient (Wildman–Crippen LogP) is 5.14. The number of Topliss-reactive ketones (excluding diaryl/α,β-unsaturated/α-hetero) is 1. The normalized spacial score (nSPS) is 18.6. The van der Waals surface area contributed by atoms with Crippen LogP contribution in [0, 0.1) is 5.41 Å². The summed E-state index contributed by atoms with van der Waals surface area (Å²) < 4.78 is 5.78. The molecule has 0 fully saturated rings. The molecule has 0 aliphatic carbocycles. The molecule has 0 amide bonds. The molecule has 1 aromatic carbocycles. The van der Waals surface area contributed by atoms with Gasteiger partial charge in [0.2, 0.25) is 5.78 Å². The van der Waals surface area contributed by atoms with Crippen molar-refractivity contribution in [3.05, 3.63) is 29.3 Å². The molecule has 21 heavy (non-hydrogen) atoms. The molecular weight excluding hydrogens is 260 g/mol. The van der Waals surface area contributed by atoms with Crippen LogP contribution < -0.4 is 4.74 Å². The van der Waals surface area contributed by atoms with Gasteiger partial charge >= 0.3 is 0 Å². The molecule has 0 saturated carbocycles. The fourth-order valence-electron chi connectivity index (χ4n) is 3.51. The maximum absolute atomic E-state index is 12.4. The second kappa shape index (κ2) is 5.47. The number of hydrogen-bond donors (Lipinski definition) is 0. The van der Waals surface area contributed by atoms with E-state index >= 15 is 0 Å². The zero-order valence-electron chi connectivity index (χ0n) is 14.2. The summed E-state index contributed by atoms with van der Waals surface area (Å²) in [6.07, 6.45) is 2.57. The third kappa shape index (κ3) is 3.48. The minimum atomic E-state index is -0.272. The summed E-state index contributed by atoms with van der Waals surface area (Å²) in [6, 6.07) is 6.15. The first-order chi connectivity index (χ1) is 9.64. The van der Waals surface area contributed by atoms with Crippen molar-refractivity contribution in [2.75, 3.05) is 0 Å². The van der Waals surface area contributed by atoms with Crippen molar-refractivity contribution in [1.82, 2.24) is 0 Å². The molecule has 1 heterocycles. The summed E-state index contributed by atoms with van der Waals surface area (Å²) in [5.74, 6) is 0.911. The molecular formula is C19H28O2. The number of ether oxygens (including phenoxy) is 1. The highest BCUT2D eigenvalue weighted by Gasteiger charge is 2.34. The van der Waals surface area contributed by atoms with Gasteiger partial charge in [0.15, 0.2) is 6.10 Å². The molecule has 0 saturated heterocycles. The molecule has 1 unspecified atom stereocenters. The Morgan fingerprint density at radius 1 is 1.14 bits per heavy atom. The lowest BCUT2D eigenvalue weighted by Gasteiger charge is -2.33. The highest BCUT2D eigenvalue weighted by atomic mass is 16.5. The van der Waals surface area contributed by atoms with Gasteiger partial charge in [-0.3, -0.25) is 4.79 Å². The van der Waals surface area contributed by atoms with Crippen molar-refractivity contribution in [2.45, 2.75) is 72.3 Å². The zero-order valence-corrected chi connectivity index (χ0v) is 14.2. The molecule has 0 bridgehead atoms. The first kappa shape index (κ1) is 16.1. The summed E-state index contributed by atoms with van der Waals surface area (Å²) in [7, 11) is 0. The van der Waals surface area contributed by atoms with Gasteiger partial charge in [-0.15, -0.1) is 0 Å². The van der Waals surface area contributed by atoms with E-state index in [2.05, 4.69) is 53.7 Å². The van der Waals surface area contributed by atoms with Crippen molar-refractivity contribution < 1.29 is 9.53 Å². The van der Waals surface area contributed by atoms with Crippen LogP contribution in [-0.2, 0) is 5.41 Å². The van der Waals surface area contributed by atoms with Crippen molar-refractivity contribution in [1.29, 1.82) is 0 Å². The van der Waals surface area contributed by atoms with Gasteiger partial charge in [0.1, 0.15) is 5.75 Å². The van der Waals surface area contributed by atoms with Crippen LogP contribution in [-0.4, -0.2) is 11.9 Å². The Labute approximate surface area is 128 Å². The maximum Gasteiger partial charge on any atom is 0.207 e. The Hall–Kier alpha value is -1.31. The lowest BCUT2D eigenvalue weighted by molar-refractivity contribution is 0.0845. The van der Waals surface area contributed by atoms with Gasteiger partial charge in [-0.2, -0.15) is 0 Å². The fraction of sp³-hybridized carbons (Fsp3) is 0.632. The molecule has 2 heteroatoms. The van der Waals surface area contributed by atoms with E-state index in [0.717, 1.165) is 30.6 Å². The van der Waals surface area contributed by atoms with Gasteiger partial charge in [0.05, 0.1) is 5.56 Å². The number of carbonyl (C=O) groups excluding carboxylic acids is 1. The Bertz CT molecular complexity index is 535. The summed E-state index contributed by atoms with van der Waals surface area (Å²) in [4.78, 5) is 12.4. The summed E-state index contributed by atoms with van der Waals surface area (Å²) in [6.45, 7) is 13.4. The Morgan fingerprint density at radius 2 is 1.81 bits per heavy atom. The number of ketones is 1. The maximum atomic E-state index is 12.4. The van der Waals surface area contributed by atoms with Crippen LogP contribution in [0.3, 0.4) is 0 Å². The fourth-order valence-corrected chi connectivity index (χ4v) is 3.51. The number of hydrogen-bond acceptors (Lipinski definition) is 2. The van der Waals surface area contributed by atoms with E-state index in [4.69, 9.17) is 4.74 Å².